The molecule has 17 heavy (non-hydrogen) atoms. The van der Waals surface area contributed by atoms with E-state index in [1.807, 2.05) is 0 Å². The van der Waals surface area contributed by atoms with Gasteiger partial charge in [0.2, 0.25) is 0 Å². The van der Waals surface area contributed by atoms with Crippen LogP contribution in [0.5, 0.6) is 0 Å². The van der Waals surface area contributed by atoms with Gasteiger partial charge in [0.15, 0.2) is 0 Å². The molecule has 1 fully saturated rings. The van der Waals surface area contributed by atoms with Gasteiger partial charge in [-0.2, -0.15) is 5.26 Å². The average Bonchev–Trinajstić information content (AvgIpc) is 2.34. The maximum absolute atomic E-state index is 9.14. The number of hydrogen-bond donors (Lipinski definition) is 1. The highest BCUT2D eigenvalue weighted by Gasteiger charge is 2.24. The molecule has 0 aromatic heterocycles. The van der Waals surface area contributed by atoms with E-state index in [1.165, 1.54) is 18.4 Å². The molecule has 2 unspecified atom stereocenters. The number of hydrogen-bond acceptors (Lipinski definition) is 2. The number of nitriles is 1. The summed E-state index contributed by atoms with van der Waals surface area (Å²) < 4.78 is 1.12. The Kier molecular flexibility index (Phi) is 4.06. The van der Waals surface area contributed by atoms with Crippen molar-refractivity contribution in [1.29, 1.82) is 5.26 Å². The summed E-state index contributed by atoms with van der Waals surface area (Å²) in [5.41, 5.74) is 2.34. The van der Waals surface area contributed by atoms with Crippen LogP contribution >= 0.6 is 15.9 Å². The monoisotopic (exact) mass is 292 g/mol. The van der Waals surface area contributed by atoms with E-state index in [0.29, 0.717) is 6.04 Å². The van der Waals surface area contributed by atoms with E-state index in [2.05, 4.69) is 52.4 Å². The van der Waals surface area contributed by atoms with Crippen LogP contribution in [0.4, 0.5) is 5.69 Å². The fourth-order valence-electron chi connectivity index (χ4n) is 2.35. The molecule has 0 aliphatic heterocycles. The third-order valence-corrected chi connectivity index (χ3v) is 4.31. The molecule has 0 heterocycles. The zero-order valence-electron chi connectivity index (χ0n) is 10.0. The molecule has 0 radical (unpaired) electrons. The summed E-state index contributed by atoms with van der Waals surface area (Å²) in [6.45, 7) is 2.08. The molecule has 0 saturated heterocycles. The van der Waals surface area contributed by atoms with Crippen LogP contribution < -0.4 is 5.32 Å². The Morgan fingerprint density at radius 3 is 2.82 bits per heavy atom. The fourth-order valence-corrected chi connectivity index (χ4v) is 2.73. The van der Waals surface area contributed by atoms with Crippen molar-refractivity contribution in [1.82, 2.24) is 0 Å². The van der Waals surface area contributed by atoms with Gasteiger partial charge in [0.05, 0.1) is 12.0 Å². The second-order valence-corrected chi connectivity index (χ2v) is 5.59. The van der Waals surface area contributed by atoms with Gasteiger partial charge >= 0.3 is 0 Å². The number of aryl methyl sites for hydroxylation is 1. The molecule has 0 bridgehead atoms. The SMILES string of the molecule is Cc1ccc(NC2CCCCC2C#N)cc1Br. The van der Waals surface area contributed by atoms with Crippen molar-refractivity contribution >= 4 is 21.6 Å². The second kappa shape index (κ2) is 5.55. The summed E-state index contributed by atoms with van der Waals surface area (Å²) in [4.78, 5) is 0. The Balaban J connectivity index is 2.09. The molecular formula is C14H17BrN2. The summed E-state index contributed by atoms with van der Waals surface area (Å²) in [7, 11) is 0. The summed E-state index contributed by atoms with van der Waals surface area (Å²) in [5, 5.41) is 12.6. The van der Waals surface area contributed by atoms with Crippen molar-refractivity contribution in [3.05, 3.63) is 28.2 Å². The predicted molar refractivity (Wildman–Crippen MR) is 73.9 cm³/mol. The molecule has 0 amide bonds. The molecule has 1 aliphatic carbocycles. The fraction of sp³-hybridized carbons (Fsp3) is 0.500. The van der Waals surface area contributed by atoms with Gasteiger partial charge in [-0.25, -0.2) is 0 Å². The van der Waals surface area contributed by atoms with Crippen LogP contribution in [0, 0.1) is 24.2 Å². The van der Waals surface area contributed by atoms with E-state index in [1.54, 1.807) is 0 Å². The van der Waals surface area contributed by atoms with Gasteiger partial charge in [-0.1, -0.05) is 34.8 Å². The van der Waals surface area contributed by atoms with Gasteiger partial charge in [0.25, 0.3) is 0 Å². The van der Waals surface area contributed by atoms with Crippen molar-refractivity contribution in [2.24, 2.45) is 5.92 Å². The smallest absolute Gasteiger partial charge is 0.0677 e. The number of nitrogens with one attached hydrogen (secondary N) is 1. The first kappa shape index (κ1) is 12.4. The minimum Gasteiger partial charge on any atom is -0.381 e. The van der Waals surface area contributed by atoms with Crippen molar-refractivity contribution in [3.8, 4) is 6.07 Å². The first-order chi connectivity index (χ1) is 8.20. The van der Waals surface area contributed by atoms with E-state index < -0.39 is 0 Å². The van der Waals surface area contributed by atoms with E-state index >= 15 is 0 Å². The minimum atomic E-state index is 0.156. The molecule has 1 aromatic rings. The highest BCUT2D eigenvalue weighted by molar-refractivity contribution is 9.10. The van der Waals surface area contributed by atoms with Gasteiger partial charge in [0.1, 0.15) is 0 Å². The van der Waals surface area contributed by atoms with Crippen molar-refractivity contribution < 1.29 is 0 Å². The van der Waals surface area contributed by atoms with Crippen LogP contribution in [0.3, 0.4) is 0 Å². The molecule has 1 aliphatic rings. The zero-order chi connectivity index (χ0) is 12.3. The van der Waals surface area contributed by atoms with E-state index in [0.717, 1.165) is 23.0 Å². The lowest BCUT2D eigenvalue weighted by atomic mass is 9.85. The van der Waals surface area contributed by atoms with E-state index in [-0.39, 0.29) is 5.92 Å². The Morgan fingerprint density at radius 1 is 1.35 bits per heavy atom. The Bertz CT molecular complexity index is 436. The molecule has 1 saturated carbocycles. The van der Waals surface area contributed by atoms with E-state index in [4.69, 9.17) is 5.26 Å². The van der Waals surface area contributed by atoms with Crippen LogP contribution in [0.15, 0.2) is 22.7 Å². The Morgan fingerprint density at radius 2 is 2.12 bits per heavy atom. The molecule has 90 valence electrons. The number of benzene rings is 1. The lowest BCUT2D eigenvalue weighted by Crippen LogP contribution is -2.31. The molecule has 3 heteroatoms. The third kappa shape index (κ3) is 3.01. The lowest BCUT2D eigenvalue weighted by Gasteiger charge is -2.28. The van der Waals surface area contributed by atoms with Crippen LogP contribution in [0.1, 0.15) is 31.2 Å². The largest absolute Gasteiger partial charge is 0.381 e. The van der Waals surface area contributed by atoms with Gasteiger partial charge < -0.3 is 5.32 Å². The van der Waals surface area contributed by atoms with Gasteiger partial charge in [-0.3, -0.25) is 0 Å². The first-order valence-corrected chi connectivity index (χ1v) is 6.92. The Labute approximate surface area is 111 Å². The number of halogens is 1. The molecular weight excluding hydrogens is 276 g/mol. The number of rotatable bonds is 2. The normalized spacial score (nSPS) is 24.1. The number of anilines is 1. The van der Waals surface area contributed by atoms with E-state index in [9.17, 15) is 0 Å². The molecule has 1 N–H and O–H groups in total. The molecule has 2 rings (SSSR count). The van der Waals surface area contributed by atoms with Crippen LogP contribution in [-0.2, 0) is 0 Å². The van der Waals surface area contributed by atoms with Crippen LogP contribution in [-0.4, -0.2) is 6.04 Å². The maximum atomic E-state index is 9.14. The molecule has 1 aromatic carbocycles. The topological polar surface area (TPSA) is 35.8 Å². The lowest BCUT2D eigenvalue weighted by molar-refractivity contribution is 0.389. The molecule has 2 atom stereocenters. The maximum Gasteiger partial charge on any atom is 0.0677 e. The first-order valence-electron chi connectivity index (χ1n) is 6.13. The van der Waals surface area contributed by atoms with Gasteiger partial charge in [-0.15, -0.1) is 0 Å². The van der Waals surface area contributed by atoms with Gasteiger partial charge in [0, 0.05) is 16.2 Å². The predicted octanol–water partition coefficient (Wildman–Crippen LogP) is 4.25. The van der Waals surface area contributed by atoms with Crippen LogP contribution in [0.2, 0.25) is 0 Å². The van der Waals surface area contributed by atoms with Gasteiger partial charge in [-0.05, 0) is 37.5 Å². The standard InChI is InChI=1S/C14H17BrN2/c1-10-6-7-12(8-13(10)15)17-14-5-3-2-4-11(14)9-16/h6-8,11,14,17H,2-5H2,1H3. The second-order valence-electron chi connectivity index (χ2n) is 4.73. The van der Waals surface area contributed by atoms with Crippen molar-refractivity contribution in [2.75, 3.05) is 5.32 Å². The summed E-state index contributed by atoms with van der Waals surface area (Å²) >= 11 is 3.54. The van der Waals surface area contributed by atoms with Crippen molar-refractivity contribution in [3.63, 3.8) is 0 Å². The third-order valence-electron chi connectivity index (χ3n) is 3.46. The Hall–Kier alpha value is -1.01. The number of nitrogens with zero attached hydrogens (tertiary/aromatic N) is 1. The summed E-state index contributed by atoms with van der Waals surface area (Å²) in [5.74, 6) is 0.156. The quantitative estimate of drug-likeness (QED) is 0.884. The van der Waals surface area contributed by atoms with Crippen molar-refractivity contribution in [2.45, 2.75) is 38.6 Å². The zero-order valence-corrected chi connectivity index (χ0v) is 11.6. The van der Waals surface area contributed by atoms with Crippen LogP contribution in [0.25, 0.3) is 0 Å². The molecule has 0 spiro atoms. The molecule has 2 nitrogen and oxygen atoms in total. The summed E-state index contributed by atoms with van der Waals surface area (Å²) in [6, 6.07) is 9.01. The summed E-state index contributed by atoms with van der Waals surface area (Å²) in [6.07, 6.45) is 4.54. The average molecular weight is 293 g/mol. The highest BCUT2D eigenvalue weighted by Crippen LogP contribution is 2.28. The highest BCUT2D eigenvalue weighted by atomic mass is 79.9. The minimum absolute atomic E-state index is 0.156.